The van der Waals surface area contributed by atoms with E-state index in [4.69, 9.17) is 10.8 Å². The number of aliphatic hydroxyl groups is 1. The Balaban J connectivity index is 3.90. The van der Waals surface area contributed by atoms with E-state index in [9.17, 15) is 4.79 Å². The maximum atomic E-state index is 11.1. The number of aliphatic hydroxyl groups excluding tert-OH is 1. The zero-order valence-electron chi connectivity index (χ0n) is 9.04. The van der Waals surface area contributed by atoms with E-state index in [0.29, 0.717) is 6.42 Å². The Morgan fingerprint density at radius 2 is 2.29 bits per heavy atom. The summed E-state index contributed by atoms with van der Waals surface area (Å²) in [7, 11) is 1.73. The van der Waals surface area contributed by atoms with Gasteiger partial charge in [-0.05, 0) is 26.1 Å². The number of likely N-dealkylation sites (N-methyl/N-ethyl adjacent to an activating group) is 1. The average molecular weight is 220 g/mol. The van der Waals surface area contributed by atoms with Crippen LogP contribution >= 0.6 is 11.8 Å². The van der Waals surface area contributed by atoms with Crippen LogP contribution in [0.15, 0.2) is 0 Å². The average Bonchev–Trinajstić information content (AvgIpc) is 2.16. The van der Waals surface area contributed by atoms with Crippen molar-refractivity contribution in [3.63, 3.8) is 0 Å². The van der Waals surface area contributed by atoms with Crippen molar-refractivity contribution in [1.82, 2.24) is 5.32 Å². The zero-order chi connectivity index (χ0) is 11.2. The van der Waals surface area contributed by atoms with Crippen molar-refractivity contribution >= 4 is 17.7 Å². The molecule has 0 spiro atoms. The molecular formula is C9H20N2O2S. The second-order valence-electron chi connectivity index (χ2n) is 3.56. The Labute approximate surface area is 89.6 Å². The van der Waals surface area contributed by atoms with Gasteiger partial charge in [0.25, 0.3) is 0 Å². The fraction of sp³-hybridized carbons (Fsp3) is 0.889. The Bertz CT molecular complexity index is 190. The van der Waals surface area contributed by atoms with E-state index in [-0.39, 0.29) is 17.8 Å². The highest BCUT2D eigenvalue weighted by Crippen LogP contribution is 2.16. The van der Waals surface area contributed by atoms with Gasteiger partial charge in [0.15, 0.2) is 0 Å². The minimum atomic E-state index is -0.637. The molecule has 1 amide bonds. The number of primary amides is 1. The van der Waals surface area contributed by atoms with E-state index < -0.39 is 5.54 Å². The molecule has 0 aliphatic carbocycles. The van der Waals surface area contributed by atoms with Crippen LogP contribution in [0, 0.1) is 0 Å². The van der Waals surface area contributed by atoms with Crippen LogP contribution in [0.4, 0.5) is 0 Å². The van der Waals surface area contributed by atoms with Crippen molar-refractivity contribution in [3.8, 4) is 0 Å². The maximum Gasteiger partial charge on any atom is 0.237 e. The van der Waals surface area contributed by atoms with Gasteiger partial charge < -0.3 is 16.2 Å². The topological polar surface area (TPSA) is 75.3 Å². The molecule has 0 rings (SSSR count). The number of rotatable bonds is 7. The molecule has 0 saturated heterocycles. The summed E-state index contributed by atoms with van der Waals surface area (Å²) in [6, 6.07) is 0. The van der Waals surface area contributed by atoms with E-state index in [1.807, 2.05) is 6.92 Å². The summed E-state index contributed by atoms with van der Waals surface area (Å²) in [6.45, 7) is 3.91. The number of nitrogens with two attached hydrogens (primary N) is 1. The molecule has 4 N–H and O–H groups in total. The molecule has 14 heavy (non-hydrogen) atoms. The summed E-state index contributed by atoms with van der Waals surface area (Å²) in [5, 5.41) is 11.9. The number of hydrogen-bond acceptors (Lipinski definition) is 4. The molecule has 0 aromatic rings. The van der Waals surface area contributed by atoms with Gasteiger partial charge in [-0.25, -0.2) is 0 Å². The fourth-order valence-electron chi connectivity index (χ4n) is 0.888. The van der Waals surface area contributed by atoms with Crippen LogP contribution in [0.3, 0.4) is 0 Å². The highest BCUT2D eigenvalue weighted by atomic mass is 32.2. The smallest absolute Gasteiger partial charge is 0.237 e. The highest BCUT2D eigenvalue weighted by molar-refractivity contribution is 7.99. The van der Waals surface area contributed by atoms with E-state index in [0.717, 1.165) is 5.75 Å². The lowest BCUT2D eigenvalue weighted by Gasteiger charge is -2.25. The minimum absolute atomic E-state index is 0.164. The van der Waals surface area contributed by atoms with Gasteiger partial charge in [-0.1, -0.05) is 6.92 Å². The Morgan fingerprint density at radius 1 is 1.71 bits per heavy atom. The summed E-state index contributed by atoms with van der Waals surface area (Å²) in [6.07, 6.45) is 0.674. The minimum Gasteiger partial charge on any atom is -0.395 e. The standard InChI is InChI=1S/C9H20N2O2S/c1-7(6-12)14-5-4-9(2,11-3)8(10)13/h7,11-12H,4-6H2,1-3H3,(H2,10,13). The van der Waals surface area contributed by atoms with Crippen LogP contribution in [0.1, 0.15) is 20.3 Å². The summed E-state index contributed by atoms with van der Waals surface area (Å²) in [5.41, 5.74) is 4.63. The number of amides is 1. The molecule has 0 bridgehead atoms. The number of carbonyl (C=O) groups is 1. The van der Waals surface area contributed by atoms with E-state index >= 15 is 0 Å². The first-order valence-electron chi connectivity index (χ1n) is 4.67. The summed E-state index contributed by atoms with van der Waals surface area (Å²) in [4.78, 5) is 11.1. The summed E-state index contributed by atoms with van der Waals surface area (Å²) < 4.78 is 0. The SMILES string of the molecule is CNC(C)(CCSC(C)CO)C(N)=O. The number of hydrogen-bond donors (Lipinski definition) is 3. The summed E-state index contributed by atoms with van der Waals surface area (Å²) >= 11 is 1.64. The van der Waals surface area contributed by atoms with Crippen molar-refractivity contribution in [2.45, 2.75) is 31.1 Å². The first-order valence-corrected chi connectivity index (χ1v) is 5.72. The maximum absolute atomic E-state index is 11.1. The Morgan fingerprint density at radius 3 is 2.64 bits per heavy atom. The quantitative estimate of drug-likeness (QED) is 0.562. The van der Waals surface area contributed by atoms with Crippen molar-refractivity contribution in [3.05, 3.63) is 0 Å². The zero-order valence-corrected chi connectivity index (χ0v) is 9.86. The van der Waals surface area contributed by atoms with Crippen LogP contribution < -0.4 is 11.1 Å². The van der Waals surface area contributed by atoms with Gasteiger partial charge in [0.1, 0.15) is 0 Å². The monoisotopic (exact) mass is 220 g/mol. The van der Waals surface area contributed by atoms with Crippen LogP contribution in [0.2, 0.25) is 0 Å². The van der Waals surface area contributed by atoms with Gasteiger partial charge in [-0.3, -0.25) is 4.79 Å². The fourth-order valence-corrected chi connectivity index (χ4v) is 1.92. The molecule has 4 nitrogen and oxygen atoms in total. The molecule has 5 heteroatoms. The first kappa shape index (κ1) is 13.7. The molecule has 2 atom stereocenters. The second kappa shape index (κ2) is 6.27. The molecule has 0 heterocycles. The molecule has 0 aromatic heterocycles. The van der Waals surface area contributed by atoms with E-state index in [1.54, 1.807) is 25.7 Å². The van der Waals surface area contributed by atoms with Crippen molar-refractivity contribution in [1.29, 1.82) is 0 Å². The van der Waals surface area contributed by atoms with Gasteiger partial charge in [-0.15, -0.1) is 0 Å². The lowest BCUT2D eigenvalue weighted by atomic mass is 9.99. The van der Waals surface area contributed by atoms with Crippen LogP contribution in [-0.4, -0.2) is 41.2 Å². The Kier molecular flexibility index (Phi) is 6.15. The van der Waals surface area contributed by atoms with Gasteiger partial charge in [0.05, 0.1) is 12.1 Å². The van der Waals surface area contributed by atoms with Crippen molar-refractivity contribution < 1.29 is 9.90 Å². The van der Waals surface area contributed by atoms with Crippen LogP contribution in [-0.2, 0) is 4.79 Å². The van der Waals surface area contributed by atoms with Crippen LogP contribution in [0.5, 0.6) is 0 Å². The molecule has 0 saturated carbocycles. The molecule has 84 valence electrons. The van der Waals surface area contributed by atoms with E-state index in [2.05, 4.69) is 5.32 Å². The van der Waals surface area contributed by atoms with Crippen LogP contribution in [0.25, 0.3) is 0 Å². The molecule has 0 aromatic carbocycles. The molecule has 0 fully saturated rings. The predicted octanol–water partition coefficient (Wildman–Crippen LogP) is -0.0461. The molecule has 2 unspecified atom stereocenters. The third-order valence-electron chi connectivity index (χ3n) is 2.36. The third kappa shape index (κ3) is 4.30. The third-order valence-corrected chi connectivity index (χ3v) is 3.52. The largest absolute Gasteiger partial charge is 0.395 e. The number of thioether (sulfide) groups is 1. The van der Waals surface area contributed by atoms with E-state index in [1.165, 1.54) is 0 Å². The lowest BCUT2D eigenvalue weighted by molar-refractivity contribution is -0.123. The van der Waals surface area contributed by atoms with Gasteiger partial charge >= 0.3 is 0 Å². The lowest BCUT2D eigenvalue weighted by Crippen LogP contribution is -2.51. The highest BCUT2D eigenvalue weighted by Gasteiger charge is 2.28. The molecule has 0 radical (unpaired) electrons. The number of carbonyl (C=O) groups excluding carboxylic acids is 1. The summed E-state index contributed by atoms with van der Waals surface area (Å²) in [5.74, 6) is 0.472. The molecular weight excluding hydrogens is 200 g/mol. The Hall–Kier alpha value is -0.260. The second-order valence-corrected chi connectivity index (χ2v) is 5.11. The van der Waals surface area contributed by atoms with Crippen molar-refractivity contribution in [2.75, 3.05) is 19.4 Å². The van der Waals surface area contributed by atoms with Gasteiger partial charge in [0.2, 0.25) is 5.91 Å². The number of nitrogens with one attached hydrogen (secondary N) is 1. The normalized spacial score (nSPS) is 17.4. The van der Waals surface area contributed by atoms with Gasteiger partial charge in [-0.2, -0.15) is 11.8 Å². The van der Waals surface area contributed by atoms with Gasteiger partial charge in [0, 0.05) is 5.25 Å². The predicted molar refractivity (Wildman–Crippen MR) is 60.3 cm³/mol. The molecule has 0 aliphatic rings. The molecule has 0 aliphatic heterocycles. The first-order chi connectivity index (χ1) is 6.46. The van der Waals surface area contributed by atoms with Crippen molar-refractivity contribution in [2.24, 2.45) is 5.73 Å².